The van der Waals surface area contributed by atoms with Crippen LogP contribution >= 0.6 is 39.1 Å². The van der Waals surface area contributed by atoms with Gasteiger partial charge in [-0.15, -0.1) is 0 Å². The summed E-state index contributed by atoms with van der Waals surface area (Å²) in [4.78, 5) is 11.9. The average Bonchev–Trinajstić information content (AvgIpc) is 2.44. The smallest absolute Gasteiger partial charge is 0.262 e. The van der Waals surface area contributed by atoms with Crippen molar-refractivity contribution in [2.75, 3.05) is 11.9 Å². The zero-order valence-electron chi connectivity index (χ0n) is 11.1. The molecule has 110 valence electrons. The maximum atomic E-state index is 11.9. The molecule has 0 radical (unpaired) electrons. The van der Waals surface area contributed by atoms with Gasteiger partial charge in [0.05, 0.1) is 5.69 Å². The first-order valence-electron chi connectivity index (χ1n) is 6.09. The maximum absolute atomic E-state index is 11.9. The van der Waals surface area contributed by atoms with Gasteiger partial charge in [-0.2, -0.15) is 0 Å². The van der Waals surface area contributed by atoms with Gasteiger partial charge in [0.25, 0.3) is 5.91 Å². The third-order valence-electron chi connectivity index (χ3n) is 2.71. The number of ether oxygens (including phenoxy) is 1. The monoisotopic (exact) mass is 387 g/mol. The van der Waals surface area contributed by atoms with E-state index in [1.807, 2.05) is 13.0 Å². The van der Waals surface area contributed by atoms with E-state index in [0.29, 0.717) is 21.5 Å². The van der Waals surface area contributed by atoms with Crippen molar-refractivity contribution >= 4 is 50.7 Å². The molecule has 0 aliphatic rings. The molecule has 2 aromatic carbocycles. The van der Waals surface area contributed by atoms with Gasteiger partial charge in [-0.1, -0.05) is 23.2 Å². The molecular weight excluding hydrogens is 377 g/mol. The summed E-state index contributed by atoms with van der Waals surface area (Å²) >= 11 is 15.2. The predicted molar refractivity (Wildman–Crippen MR) is 89.5 cm³/mol. The van der Waals surface area contributed by atoms with Gasteiger partial charge >= 0.3 is 0 Å². The van der Waals surface area contributed by atoms with Gasteiger partial charge in [0.15, 0.2) is 6.61 Å². The standard InChI is InChI=1S/C15H12BrCl2NO2/c1-9-6-12(16)14(7-13(9)18)19-15(20)8-21-11-4-2-10(17)3-5-11/h2-7H,8H2,1H3,(H,19,20). The molecule has 1 amide bonds. The number of hydrogen-bond acceptors (Lipinski definition) is 2. The molecule has 21 heavy (non-hydrogen) atoms. The van der Waals surface area contributed by atoms with Crippen molar-refractivity contribution in [3.63, 3.8) is 0 Å². The Labute approximate surface area is 141 Å². The van der Waals surface area contributed by atoms with Crippen LogP contribution in [-0.4, -0.2) is 12.5 Å². The fourth-order valence-electron chi connectivity index (χ4n) is 1.61. The molecule has 0 saturated heterocycles. The lowest BCUT2D eigenvalue weighted by atomic mass is 10.2. The molecule has 0 bridgehead atoms. The Morgan fingerprint density at radius 1 is 1.24 bits per heavy atom. The molecular formula is C15H12BrCl2NO2. The minimum Gasteiger partial charge on any atom is -0.484 e. The first-order valence-corrected chi connectivity index (χ1v) is 7.64. The van der Waals surface area contributed by atoms with Gasteiger partial charge in [-0.05, 0) is 64.8 Å². The van der Waals surface area contributed by atoms with Crippen molar-refractivity contribution in [2.45, 2.75) is 6.92 Å². The second-order valence-electron chi connectivity index (χ2n) is 4.37. The molecule has 1 N–H and O–H groups in total. The Hall–Kier alpha value is -1.23. The van der Waals surface area contributed by atoms with Gasteiger partial charge in [-0.25, -0.2) is 0 Å². The molecule has 2 aromatic rings. The van der Waals surface area contributed by atoms with E-state index in [2.05, 4.69) is 21.2 Å². The third-order valence-corrected chi connectivity index (χ3v) is 4.02. The quantitative estimate of drug-likeness (QED) is 0.792. The molecule has 0 aromatic heterocycles. The van der Waals surface area contributed by atoms with E-state index >= 15 is 0 Å². The van der Waals surface area contributed by atoms with E-state index in [4.69, 9.17) is 27.9 Å². The van der Waals surface area contributed by atoms with Crippen LogP contribution < -0.4 is 10.1 Å². The number of carbonyl (C=O) groups is 1. The van der Waals surface area contributed by atoms with Crippen molar-refractivity contribution in [1.29, 1.82) is 0 Å². The zero-order chi connectivity index (χ0) is 15.4. The van der Waals surface area contributed by atoms with Crippen LogP contribution in [0.25, 0.3) is 0 Å². The van der Waals surface area contributed by atoms with Gasteiger partial charge in [0, 0.05) is 14.5 Å². The summed E-state index contributed by atoms with van der Waals surface area (Å²) in [6, 6.07) is 10.3. The Morgan fingerprint density at radius 2 is 1.90 bits per heavy atom. The van der Waals surface area contributed by atoms with Gasteiger partial charge in [0.1, 0.15) is 5.75 Å². The van der Waals surface area contributed by atoms with E-state index in [9.17, 15) is 4.79 Å². The number of nitrogens with one attached hydrogen (secondary N) is 1. The van der Waals surface area contributed by atoms with Crippen LogP contribution in [0.5, 0.6) is 5.75 Å². The normalized spacial score (nSPS) is 10.3. The molecule has 6 heteroatoms. The Bertz CT molecular complexity index is 659. The molecule has 0 fully saturated rings. The number of hydrogen-bond donors (Lipinski definition) is 1. The molecule has 2 rings (SSSR count). The number of aryl methyl sites for hydroxylation is 1. The molecule has 3 nitrogen and oxygen atoms in total. The van der Waals surface area contributed by atoms with Crippen LogP contribution in [0.2, 0.25) is 10.0 Å². The largest absolute Gasteiger partial charge is 0.484 e. The number of halogens is 3. The highest BCUT2D eigenvalue weighted by Crippen LogP contribution is 2.29. The number of benzene rings is 2. The Morgan fingerprint density at radius 3 is 2.57 bits per heavy atom. The summed E-state index contributed by atoms with van der Waals surface area (Å²) in [5.74, 6) is 0.307. The van der Waals surface area contributed by atoms with E-state index in [1.54, 1.807) is 30.3 Å². The summed E-state index contributed by atoms with van der Waals surface area (Å²) in [6.07, 6.45) is 0. The minimum absolute atomic E-state index is 0.0977. The first kappa shape index (κ1) is 16.1. The van der Waals surface area contributed by atoms with Crippen LogP contribution in [0.1, 0.15) is 5.56 Å². The molecule has 0 spiro atoms. The molecule has 0 aliphatic carbocycles. The van der Waals surface area contributed by atoms with E-state index in [-0.39, 0.29) is 12.5 Å². The number of amides is 1. The van der Waals surface area contributed by atoms with Crippen LogP contribution in [0, 0.1) is 6.92 Å². The lowest BCUT2D eigenvalue weighted by Gasteiger charge is -2.10. The zero-order valence-corrected chi connectivity index (χ0v) is 14.2. The van der Waals surface area contributed by atoms with Crippen molar-refractivity contribution in [3.05, 3.63) is 56.5 Å². The predicted octanol–water partition coefficient (Wildman–Crippen LogP) is 5.08. The van der Waals surface area contributed by atoms with Gasteiger partial charge in [-0.3, -0.25) is 4.79 Å². The fraction of sp³-hybridized carbons (Fsp3) is 0.133. The summed E-state index contributed by atoms with van der Waals surface area (Å²) in [7, 11) is 0. The van der Waals surface area contributed by atoms with Crippen molar-refractivity contribution < 1.29 is 9.53 Å². The second kappa shape index (κ2) is 7.16. The minimum atomic E-state index is -0.273. The van der Waals surface area contributed by atoms with Crippen molar-refractivity contribution in [1.82, 2.24) is 0 Å². The van der Waals surface area contributed by atoms with Crippen LogP contribution in [-0.2, 0) is 4.79 Å². The number of carbonyl (C=O) groups excluding carboxylic acids is 1. The van der Waals surface area contributed by atoms with E-state index in [0.717, 1.165) is 10.0 Å². The summed E-state index contributed by atoms with van der Waals surface area (Å²) in [6.45, 7) is 1.79. The third kappa shape index (κ3) is 4.63. The summed E-state index contributed by atoms with van der Waals surface area (Å²) < 4.78 is 6.14. The summed E-state index contributed by atoms with van der Waals surface area (Å²) in [5.41, 5.74) is 1.54. The first-order chi connectivity index (χ1) is 9.95. The average molecular weight is 389 g/mol. The Kier molecular flexibility index (Phi) is 5.51. The molecule has 0 unspecified atom stereocenters. The number of rotatable bonds is 4. The highest BCUT2D eigenvalue weighted by atomic mass is 79.9. The molecule has 0 aliphatic heterocycles. The molecule has 0 atom stereocenters. The topological polar surface area (TPSA) is 38.3 Å². The highest BCUT2D eigenvalue weighted by molar-refractivity contribution is 9.10. The Balaban J connectivity index is 1.96. The SMILES string of the molecule is Cc1cc(Br)c(NC(=O)COc2ccc(Cl)cc2)cc1Cl. The van der Waals surface area contributed by atoms with Gasteiger partial charge in [0.2, 0.25) is 0 Å². The second-order valence-corrected chi connectivity index (χ2v) is 6.07. The highest BCUT2D eigenvalue weighted by Gasteiger charge is 2.09. The van der Waals surface area contributed by atoms with Crippen LogP contribution in [0.4, 0.5) is 5.69 Å². The van der Waals surface area contributed by atoms with Crippen molar-refractivity contribution in [3.8, 4) is 5.75 Å². The van der Waals surface area contributed by atoms with Crippen LogP contribution in [0.3, 0.4) is 0 Å². The molecule has 0 saturated carbocycles. The van der Waals surface area contributed by atoms with E-state index < -0.39 is 0 Å². The molecule has 0 heterocycles. The van der Waals surface area contributed by atoms with E-state index in [1.165, 1.54) is 0 Å². The van der Waals surface area contributed by atoms with Gasteiger partial charge < -0.3 is 10.1 Å². The van der Waals surface area contributed by atoms with Crippen molar-refractivity contribution in [2.24, 2.45) is 0 Å². The summed E-state index contributed by atoms with van der Waals surface area (Å²) in [5, 5.41) is 3.94. The lowest BCUT2D eigenvalue weighted by molar-refractivity contribution is -0.118. The van der Waals surface area contributed by atoms with Crippen LogP contribution in [0.15, 0.2) is 40.9 Å². The lowest BCUT2D eigenvalue weighted by Crippen LogP contribution is -2.20. The fourth-order valence-corrected chi connectivity index (χ4v) is 2.45. The maximum Gasteiger partial charge on any atom is 0.262 e. The number of anilines is 1.